The summed E-state index contributed by atoms with van der Waals surface area (Å²) in [4.78, 5) is 25.5. The molecule has 7 nitrogen and oxygen atoms in total. The highest BCUT2D eigenvalue weighted by atomic mass is 35.5. The van der Waals surface area contributed by atoms with Gasteiger partial charge in [0, 0.05) is 61.7 Å². The van der Waals surface area contributed by atoms with E-state index in [1.54, 1.807) is 6.07 Å². The second-order valence-electron chi connectivity index (χ2n) is 7.14. The summed E-state index contributed by atoms with van der Waals surface area (Å²) in [5.41, 5.74) is 2.82. The molecule has 4 rings (SSSR count). The number of aromatic nitrogens is 3. The minimum atomic E-state index is -0.00131. The van der Waals surface area contributed by atoms with E-state index >= 15 is 0 Å². The fourth-order valence-corrected chi connectivity index (χ4v) is 3.76. The van der Waals surface area contributed by atoms with Crippen LogP contribution in [-0.2, 0) is 11.8 Å². The lowest BCUT2D eigenvalue weighted by molar-refractivity contribution is -0.117. The smallest absolute Gasteiger partial charge is 0.238 e. The summed E-state index contributed by atoms with van der Waals surface area (Å²) in [5, 5.41) is 4.58. The van der Waals surface area contributed by atoms with Crippen LogP contribution in [0.2, 0.25) is 5.15 Å². The van der Waals surface area contributed by atoms with Gasteiger partial charge in [-0.25, -0.2) is 9.97 Å². The van der Waals surface area contributed by atoms with Crippen LogP contribution < -0.4 is 10.2 Å². The molecule has 1 amide bonds. The Labute approximate surface area is 168 Å². The number of carbonyl (C=O) groups excluding carboxylic acids is 1. The highest BCUT2D eigenvalue weighted by molar-refractivity contribution is 6.29. The minimum absolute atomic E-state index is 0.00131. The lowest BCUT2D eigenvalue weighted by atomic mass is 10.2. The summed E-state index contributed by atoms with van der Waals surface area (Å²) < 4.78 is 2.06. The molecular formula is C20H23ClN6O. The zero-order valence-electron chi connectivity index (χ0n) is 16.0. The fraction of sp³-hybridized carbons (Fsp3) is 0.350. The van der Waals surface area contributed by atoms with E-state index in [0.717, 1.165) is 48.5 Å². The Hall–Kier alpha value is -2.64. The third-order valence-electron chi connectivity index (χ3n) is 5.00. The van der Waals surface area contributed by atoms with E-state index < -0.39 is 0 Å². The molecule has 0 unspecified atom stereocenters. The Balaban J connectivity index is 1.32. The van der Waals surface area contributed by atoms with Crippen LogP contribution in [-0.4, -0.2) is 58.1 Å². The molecule has 1 N–H and O–H groups in total. The number of nitrogens with zero attached hydrogens (tertiary/aromatic N) is 5. The van der Waals surface area contributed by atoms with E-state index in [4.69, 9.17) is 11.6 Å². The zero-order chi connectivity index (χ0) is 19.7. The van der Waals surface area contributed by atoms with Crippen LogP contribution >= 0.6 is 11.6 Å². The van der Waals surface area contributed by atoms with Crippen LogP contribution in [0.4, 0.5) is 11.6 Å². The van der Waals surface area contributed by atoms with Crippen molar-refractivity contribution >= 4 is 40.0 Å². The number of piperazine rings is 1. The molecule has 0 bridgehead atoms. The van der Waals surface area contributed by atoms with E-state index in [0.29, 0.717) is 17.6 Å². The Bertz CT molecular complexity index is 989. The van der Waals surface area contributed by atoms with Crippen molar-refractivity contribution in [2.45, 2.75) is 6.92 Å². The molecule has 3 heterocycles. The third kappa shape index (κ3) is 4.10. The second-order valence-corrected chi connectivity index (χ2v) is 7.53. The van der Waals surface area contributed by atoms with Crippen LogP contribution in [0.1, 0.15) is 5.69 Å². The molecule has 3 aromatic rings. The van der Waals surface area contributed by atoms with Crippen molar-refractivity contribution in [3.8, 4) is 0 Å². The summed E-state index contributed by atoms with van der Waals surface area (Å²) in [5.74, 6) is 0.656. The van der Waals surface area contributed by atoms with Gasteiger partial charge in [0.05, 0.1) is 6.54 Å². The van der Waals surface area contributed by atoms with Gasteiger partial charge in [-0.3, -0.25) is 9.69 Å². The molecule has 1 aliphatic heterocycles. The normalized spacial score (nSPS) is 15.2. The summed E-state index contributed by atoms with van der Waals surface area (Å²) in [6, 6.07) is 9.76. The molecule has 1 aromatic carbocycles. The van der Waals surface area contributed by atoms with Crippen molar-refractivity contribution in [1.29, 1.82) is 0 Å². The summed E-state index contributed by atoms with van der Waals surface area (Å²) in [6.45, 7) is 5.37. The first-order valence-corrected chi connectivity index (χ1v) is 9.69. The molecule has 146 valence electrons. The number of halogens is 1. The van der Waals surface area contributed by atoms with Gasteiger partial charge in [-0.05, 0) is 37.3 Å². The van der Waals surface area contributed by atoms with Crippen LogP contribution in [0.5, 0.6) is 0 Å². The van der Waals surface area contributed by atoms with Gasteiger partial charge in [-0.2, -0.15) is 0 Å². The maximum Gasteiger partial charge on any atom is 0.238 e. The predicted octanol–water partition coefficient (Wildman–Crippen LogP) is 2.69. The average molecular weight is 399 g/mol. The minimum Gasteiger partial charge on any atom is -0.351 e. The molecule has 28 heavy (non-hydrogen) atoms. The Morgan fingerprint density at radius 3 is 2.68 bits per heavy atom. The molecule has 1 aliphatic rings. The maximum atomic E-state index is 12.4. The lowest BCUT2D eigenvalue weighted by Crippen LogP contribution is -2.49. The second kappa shape index (κ2) is 7.77. The molecule has 0 saturated carbocycles. The molecule has 8 heteroatoms. The maximum absolute atomic E-state index is 12.4. The van der Waals surface area contributed by atoms with Gasteiger partial charge in [-0.1, -0.05) is 11.6 Å². The van der Waals surface area contributed by atoms with E-state index in [2.05, 4.69) is 29.7 Å². The standard InChI is InChI=1S/C20H23ClN6O/c1-14-11-18(21)24-20(22-14)27-9-7-26(8-10-27)13-19(28)23-16-3-4-17-15(12-16)5-6-25(17)2/h3-6,11-12H,7-10,13H2,1-2H3,(H,23,28). The number of rotatable bonds is 4. The molecule has 0 atom stereocenters. The van der Waals surface area contributed by atoms with Crippen molar-refractivity contribution < 1.29 is 4.79 Å². The van der Waals surface area contributed by atoms with Crippen LogP contribution in [0, 0.1) is 6.92 Å². The largest absolute Gasteiger partial charge is 0.351 e. The number of hydrogen-bond donors (Lipinski definition) is 1. The van der Waals surface area contributed by atoms with Crippen molar-refractivity contribution in [2.75, 3.05) is 42.9 Å². The fourth-order valence-electron chi connectivity index (χ4n) is 3.53. The molecule has 1 saturated heterocycles. The number of amides is 1. The van der Waals surface area contributed by atoms with Gasteiger partial charge >= 0.3 is 0 Å². The highest BCUT2D eigenvalue weighted by Crippen LogP contribution is 2.20. The first-order chi connectivity index (χ1) is 13.5. The van der Waals surface area contributed by atoms with Crippen molar-refractivity contribution in [3.63, 3.8) is 0 Å². The van der Waals surface area contributed by atoms with E-state index in [-0.39, 0.29) is 5.91 Å². The molecule has 0 radical (unpaired) electrons. The summed E-state index contributed by atoms with van der Waals surface area (Å²) in [7, 11) is 2.01. The van der Waals surface area contributed by atoms with E-state index in [1.165, 1.54) is 0 Å². The number of anilines is 2. The van der Waals surface area contributed by atoms with Gasteiger partial charge in [0.15, 0.2) is 0 Å². The molecule has 2 aromatic heterocycles. The molecule has 1 fully saturated rings. The summed E-state index contributed by atoms with van der Waals surface area (Å²) in [6.07, 6.45) is 2.01. The topological polar surface area (TPSA) is 66.3 Å². The van der Waals surface area contributed by atoms with Crippen molar-refractivity contribution in [2.24, 2.45) is 7.05 Å². The number of nitrogens with one attached hydrogen (secondary N) is 1. The predicted molar refractivity (Wildman–Crippen MR) is 112 cm³/mol. The Kier molecular flexibility index (Phi) is 5.19. The zero-order valence-corrected chi connectivity index (χ0v) is 16.8. The first-order valence-electron chi connectivity index (χ1n) is 9.31. The lowest BCUT2D eigenvalue weighted by Gasteiger charge is -2.34. The average Bonchev–Trinajstić information content (AvgIpc) is 3.02. The molecular weight excluding hydrogens is 376 g/mol. The van der Waals surface area contributed by atoms with Crippen LogP contribution in [0.15, 0.2) is 36.5 Å². The van der Waals surface area contributed by atoms with E-state index in [1.807, 2.05) is 44.4 Å². The summed E-state index contributed by atoms with van der Waals surface area (Å²) >= 11 is 6.04. The van der Waals surface area contributed by atoms with Crippen molar-refractivity contribution in [3.05, 3.63) is 47.4 Å². The first kappa shape index (κ1) is 18.7. The van der Waals surface area contributed by atoms with E-state index in [9.17, 15) is 4.79 Å². The van der Waals surface area contributed by atoms with Crippen LogP contribution in [0.25, 0.3) is 10.9 Å². The number of hydrogen-bond acceptors (Lipinski definition) is 5. The molecule has 0 aliphatic carbocycles. The van der Waals surface area contributed by atoms with Gasteiger partial charge in [-0.15, -0.1) is 0 Å². The Morgan fingerprint density at radius 2 is 1.93 bits per heavy atom. The van der Waals surface area contributed by atoms with Gasteiger partial charge in [0.2, 0.25) is 11.9 Å². The number of benzene rings is 1. The Morgan fingerprint density at radius 1 is 1.14 bits per heavy atom. The van der Waals surface area contributed by atoms with Crippen molar-refractivity contribution in [1.82, 2.24) is 19.4 Å². The quantitative estimate of drug-likeness (QED) is 0.684. The number of carbonyl (C=O) groups is 1. The highest BCUT2D eigenvalue weighted by Gasteiger charge is 2.21. The van der Waals surface area contributed by atoms with Crippen LogP contribution in [0.3, 0.4) is 0 Å². The number of aryl methyl sites for hydroxylation is 2. The molecule has 0 spiro atoms. The van der Waals surface area contributed by atoms with Gasteiger partial charge in [0.1, 0.15) is 5.15 Å². The van der Waals surface area contributed by atoms with Gasteiger partial charge < -0.3 is 14.8 Å². The third-order valence-corrected chi connectivity index (χ3v) is 5.20. The van der Waals surface area contributed by atoms with Gasteiger partial charge in [0.25, 0.3) is 0 Å². The number of fused-ring (bicyclic) bond motifs is 1. The SMILES string of the molecule is Cc1cc(Cl)nc(N2CCN(CC(=O)Nc3ccc4c(ccn4C)c3)CC2)n1. The monoisotopic (exact) mass is 398 g/mol.